The Bertz CT molecular complexity index is 429. The van der Waals surface area contributed by atoms with Gasteiger partial charge in [-0.15, -0.1) is 0 Å². The summed E-state index contributed by atoms with van der Waals surface area (Å²) < 4.78 is 13.5. The summed E-state index contributed by atoms with van der Waals surface area (Å²) in [6.45, 7) is 7.29. The number of benzene rings is 1. The first kappa shape index (κ1) is 15.5. The van der Waals surface area contributed by atoms with E-state index < -0.39 is 0 Å². The average Bonchev–Trinajstić information content (AvgIpc) is 2.48. The third-order valence-electron chi connectivity index (χ3n) is 4.89. The Morgan fingerprint density at radius 1 is 1.25 bits per heavy atom. The van der Waals surface area contributed by atoms with Crippen LogP contribution in [0.4, 0.5) is 4.39 Å². The van der Waals surface area contributed by atoms with Crippen LogP contribution >= 0.6 is 0 Å². The molecule has 1 nitrogen and oxygen atoms in total. The second-order valence-electron chi connectivity index (χ2n) is 6.16. The van der Waals surface area contributed by atoms with Gasteiger partial charge in [0, 0.05) is 6.04 Å². The van der Waals surface area contributed by atoms with E-state index in [0.29, 0.717) is 12.0 Å². The minimum atomic E-state index is -0.0975. The van der Waals surface area contributed by atoms with Crippen LogP contribution in [-0.2, 0) is 0 Å². The molecule has 0 bridgehead atoms. The second-order valence-corrected chi connectivity index (χ2v) is 6.16. The molecule has 0 radical (unpaired) electrons. The Balaban J connectivity index is 2.26. The molecule has 0 heterocycles. The molecule has 1 aliphatic rings. The largest absolute Gasteiger partial charge is 0.310 e. The molecule has 0 amide bonds. The lowest BCUT2D eigenvalue weighted by atomic mass is 9.72. The van der Waals surface area contributed by atoms with Crippen LogP contribution in [-0.4, -0.2) is 6.54 Å². The van der Waals surface area contributed by atoms with E-state index in [-0.39, 0.29) is 5.82 Å². The van der Waals surface area contributed by atoms with E-state index in [1.165, 1.54) is 37.7 Å². The van der Waals surface area contributed by atoms with E-state index in [9.17, 15) is 4.39 Å². The van der Waals surface area contributed by atoms with Crippen LogP contribution < -0.4 is 5.32 Å². The third kappa shape index (κ3) is 3.41. The quantitative estimate of drug-likeness (QED) is 0.798. The van der Waals surface area contributed by atoms with Crippen molar-refractivity contribution in [2.45, 2.75) is 58.9 Å². The summed E-state index contributed by atoms with van der Waals surface area (Å²) in [5, 5.41) is 3.66. The summed E-state index contributed by atoms with van der Waals surface area (Å²) in [7, 11) is 0. The monoisotopic (exact) mass is 277 g/mol. The maximum absolute atomic E-state index is 13.5. The maximum Gasteiger partial charge on any atom is 0.126 e. The second kappa shape index (κ2) is 7.21. The van der Waals surface area contributed by atoms with Gasteiger partial charge in [-0.3, -0.25) is 0 Å². The molecule has 0 aromatic heterocycles. The molecule has 2 rings (SSSR count). The molecule has 1 N–H and O–H groups in total. The van der Waals surface area contributed by atoms with Gasteiger partial charge in [-0.25, -0.2) is 4.39 Å². The van der Waals surface area contributed by atoms with Gasteiger partial charge < -0.3 is 5.32 Å². The summed E-state index contributed by atoms with van der Waals surface area (Å²) in [4.78, 5) is 0. The first-order valence-corrected chi connectivity index (χ1v) is 8.16. The maximum atomic E-state index is 13.5. The first-order chi connectivity index (χ1) is 9.67. The summed E-state index contributed by atoms with van der Waals surface area (Å²) in [6, 6.07) is 6.00. The van der Waals surface area contributed by atoms with Crippen molar-refractivity contribution in [1.82, 2.24) is 5.32 Å². The summed E-state index contributed by atoms with van der Waals surface area (Å²) in [5.41, 5.74) is 2.02. The summed E-state index contributed by atoms with van der Waals surface area (Å²) in [6.07, 6.45) is 6.61. The van der Waals surface area contributed by atoms with Crippen molar-refractivity contribution in [3.63, 3.8) is 0 Å². The minimum absolute atomic E-state index is 0.0975. The van der Waals surface area contributed by atoms with Gasteiger partial charge >= 0.3 is 0 Å². The number of rotatable bonds is 5. The molecular weight excluding hydrogens is 249 g/mol. The van der Waals surface area contributed by atoms with Crippen molar-refractivity contribution in [1.29, 1.82) is 0 Å². The van der Waals surface area contributed by atoms with Gasteiger partial charge in [-0.05, 0) is 48.9 Å². The van der Waals surface area contributed by atoms with Gasteiger partial charge in [0.25, 0.3) is 0 Å². The minimum Gasteiger partial charge on any atom is -0.310 e. The Kier molecular flexibility index (Phi) is 5.59. The van der Waals surface area contributed by atoms with E-state index in [2.05, 4.69) is 19.2 Å². The van der Waals surface area contributed by atoms with Crippen LogP contribution in [0.2, 0.25) is 0 Å². The Hall–Kier alpha value is -0.890. The summed E-state index contributed by atoms with van der Waals surface area (Å²) >= 11 is 0. The Morgan fingerprint density at radius 3 is 2.65 bits per heavy atom. The van der Waals surface area contributed by atoms with Crippen LogP contribution in [0, 0.1) is 24.6 Å². The Morgan fingerprint density at radius 2 is 2.00 bits per heavy atom. The number of aryl methyl sites for hydroxylation is 1. The van der Waals surface area contributed by atoms with E-state index in [1.54, 1.807) is 6.07 Å². The van der Waals surface area contributed by atoms with Crippen molar-refractivity contribution < 1.29 is 4.39 Å². The average molecular weight is 277 g/mol. The van der Waals surface area contributed by atoms with Crippen molar-refractivity contribution in [3.8, 4) is 0 Å². The predicted molar refractivity (Wildman–Crippen MR) is 83.3 cm³/mol. The van der Waals surface area contributed by atoms with E-state index >= 15 is 0 Å². The van der Waals surface area contributed by atoms with Gasteiger partial charge in [-0.2, -0.15) is 0 Å². The number of hydrogen-bond acceptors (Lipinski definition) is 1. The molecule has 3 atom stereocenters. The van der Waals surface area contributed by atoms with Crippen LogP contribution in [0.25, 0.3) is 0 Å². The van der Waals surface area contributed by atoms with E-state index in [0.717, 1.165) is 18.0 Å². The molecule has 0 spiro atoms. The highest BCUT2D eigenvalue weighted by atomic mass is 19.1. The zero-order valence-electron chi connectivity index (χ0n) is 13.1. The SMILES string of the molecule is CCNC(c1ccc(F)c(C)c1)C1CCCCC1CC. The molecule has 1 aliphatic carbocycles. The zero-order valence-corrected chi connectivity index (χ0v) is 13.1. The highest BCUT2D eigenvalue weighted by molar-refractivity contribution is 5.27. The molecule has 1 fully saturated rings. The van der Waals surface area contributed by atoms with Crippen molar-refractivity contribution in [2.75, 3.05) is 6.54 Å². The molecule has 1 aromatic carbocycles. The fourth-order valence-corrected chi connectivity index (χ4v) is 3.78. The van der Waals surface area contributed by atoms with Gasteiger partial charge in [-0.1, -0.05) is 51.7 Å². The smallest absolute Gasteiger partial charge is 0.126 e. The molecule has 1 saturated carbocycles. The predicted octanol–water partition coefficient (Wildman–Crippen LogP) is 5.00. The number of hydrogen-bond donors (Lipinski definition) is 1. The molecule has 112 valence electrons. The first-order valence-electron chi connectivity index (χ1n) is 8.16. The standard InChI is InChI=1S/C18H28FN/c1-4-14-8-6-7-9-16(14)18(20-5-2)15-10-11-17(19)13(3)12-15/h10-12,14,16,18,20H,4-9H2,1-3H3. The van der Waals surface area contributed by atoms with Crippen molar-refractivity contribution in [3.05, 3.63) is 35.1 Å². The van der Waals surface area contributed by atoms with Crippen LogP contribution in [0.15, 0.2) is 18.2 Å². The molecule has 3 unspecified atom stereocenters. The van der Waals surface area contributed by atoms with E-state index in [4.69, 9.17) is 0 Å². The number of nitrogens with one attached hydrogen (secondary N) is 1. The topological polar surface area (TPSA) is 12.0 Å². The molecule has 0 saturated heterocycles. The molecular formula is C18H28FN. The highest BCUT2D eigenvalue weighted by Crippen LogP contribution is 2.40. The Labute approximate surface area is 123 Å². The fraction of sp³-hybridized carbons (Fsp3) is 0.667. The lowest BCUT2D eigenvalue weighted by molar-refractivity contribution is 0.176. The van der Waals surface area contributed by atoms with Crippen molar-refractivity contribution in [2.24, 2.45) is 11.8 Å². The number of halogens is 1. The fourth-order valence-electron chi connectivity index (χ4n) is 3.78. The lowest BCUT2D eigenvalue weighted by Gasteiger charge is -2.37. The normalized spacial score (nSPS) is 24.6. The van der Waals surface area contributed by atoms with Gasteiger partial charge in [0.15, 0.2) is 0 Å². The molecule has 20 heavy (non-hydrogen) atoms. The molecule has 0 aliphatic heterocycles. The lowest BCUT2D eigenvalue weighted by Crippen LogP contribution is -2.34. The van der Waals surface area contributed by atoms with Gasteiger partial charge in [0.1, 0.15) is 5.82 Å². The van der Waals surface area contributed by atoms with Crippen LogP contribution in [0.1, 0.15) is 63.1 Å². The summed E-state index contributed by atoms with van der Waals surface area (Å²) in [5.74, 6) is 1.40. The van der Waals surface area contributed by atoms with Crippen LogP contribution in [0.3, 0.4) is 0 Å². The highest BCUT2D eigenvalue weighted by Gasteiger charge is 2.31. The van der Waals surface area contributed by atoms with Gasteiger partial charge in [0.2, 0.25) is 0 Å². The van der Waals surface area contributed by atoms with E-state index in [1.807, 2.05) is 19.1 Å². The van der Waals surface area contributed by atoms with Crippen molar-refractivity contribution >= 4 is 0 Å². The third-order valence-corrected chi connectivity index (χ3v) is 4.89. The molecule has 1 aromatic rings. The molecule has 2 heteroatoms. The zero-order chi connectivity index (χ0) is 14.5. The van der Waals surface area contributed by atoms with Gasteiger partial charge in [0.05, 0.1) is 0 Å². The van der Waals surface area contributed by atoms with Crippen LogP contribution in [0.5, 0.6) is 0 Å².